The molecular formula is C21H20N2O5. The van der Waals surface area contributed by atoms with Gasteiger partial charge in [0.1, 0.15) is 12.4 Å². The van der Waals surface area contributed by atoms with Crippen LogP contribution in [0.15, 0.2) is 59.5 Å². The molecule has 0 fully saturated rings. The summed E-state index contributed by atoms with van der Waals surface area (Å²) in [5.74, 6) is 2.11. The topological polar surface area (TPSA) is 71.8 Å². The average molecular weight is 380 g/mol. The predicted octanol–water partition coefficient (Wildman–Crippen LogP) is 2.77. The van der Waals surface area contributed by atoms with Gasteiger partial charge in [-0.15, -0.1) is 0 Å². The molecular weight excluding hydrogens is 360 g/mol. The summed E-state index contributed by atoms with van der Waals surface area (Å²) in [5.41, 5.74) is 1.63. The van der Waals surface area contributed by atoms with Crippen molar-refractivity contribution in [3.63, 3.8) is 0 Å². The lowest BCUT2D eigenvalue weighted by Crippen LogP contribution is -2.23. The van der Waals surface area contributed by atoms with Crippen molar-refractivity contribution < 1.29 is 18.9 Å². The first kappa shape index (κ1) is 17.9. The van der Waals surface area contributed by atoms with Crippen LogP contribution in [0, 0.1) is 0 Å². The third-order valence-electron chi connectivity index (χ3n) is 4.53. The number of ether oxygens (including phenoxy) is 4. The minimum atomic E-state index is -0.309. The third-order valence-corrected chi connectivity index (χ3v) is 4.53. The highest BCUT2D eigenvalue weighted by Crippen LogP contribution is 2.38. The second-order valence-corrected chi connectivity index (χ2v) is 6.32. The third kappa shape index (κ3) is 3.51. The van der Waals surface area contributed by atoms with E-state index in [0.29, 0.717) is 30.7 Å². The van der Waals surface area contributed by atoms with Gasteiger partial charge in [-0.1, -0.05) is 24.3 Å². The van der Waals surface area contributed by atoms with Gasteiger partial charge in [0.2, 0.25) is 0 Å². The zero-order chi connectivity index (χ0) is 19.5. The Bertz CT molecular complexity index is 1030. The van der Waals surface area contributed by atoms with Crippen molar-refractivity contribution in [2.75, 3.05) is 20.8 Å². The Morgan fingerprint density at radius 1 is 1.11 bits per heavy atom. The molecule has 3 aromatic rings. The van der Waals surface area contributed by atoms with Gasteiger partial charge in [0.15, 0.2) is 17.6 Å². The molecule has 1 aliphatic rings. The highest BCUT2D eigenvalue weighted by molar-refractivity contribution is 5.74. The van der Waals surface area contributed by atoms with Crippen LogP contribution in [0.2, 0.25) is 0 Å². The highest BCUT2D eigenvalue weighted by Gasteiger charge is 2.23. The summed E-state index contributed by atoms with van der Waals surface area (Å²) in [5, 5.41) is 0. The first-order valence-corrected chi connectivity index (χ1v) is 8.86. The van der Waals surface area contributed by atoms with Crippen LogP contribution < -0.4 is 24.5 Å². The number of rotatable bonds is 6. The van der Waals surface area contributed by atoms with Gasteiger partial charge in [0.05, 0.1) is 20.8 Å². The van der Waals surface area contributed by atoms with Crippen LogP contribution >= 0.6 is 0 Å². The SMILES string of the molecule is COc1cccc(-c2ccc(OC[C@@H]3Cn4ccc(=O)nc4O3)cc2)c1OC. The normalized spacial score (nSPS) is 14.9. The quantitative estimate of drug-likeness (QED) is 0.655. The Kier molecular flexibility index (Phi) is 4.89. The summed E-state index contributed by atoms with van der Waals surface area (Å²) < 4.78 is 24.2. The fourth-order valence-corrected chi connectivity index (χ4v) is 3.17. The van der Waals surface area contributed by atoms with Gasteiger partial charge >= 0.3 is 0 Å². The van der Waals surface area contributed by atoms with Crippen molar-refractivity contribution in [1.29, 1.82) is 0 Å². The molecule has 0 saturated heterocycles. The van der Waals surface area contributed by atoms with E-state index in [4.69, 9.17) is 18.9 Å². The summed E-state index contributed by atoms with van der Waals surface area (Å²) in [6.45, 7) is 0.959. The van der Waals surface area contributed by atoms with Gasteiger partial charge in [0.25, 0.3) is 11.6 Å². The Labute approximate surface area is 162 Å². The fourth-order valence-electron chi connectivity index (χ4n) is 3.17. The Morgan fingerprint density at radius 3 is 2.68 bits per heavy atom. The number of methoxy groups -OCH3 is 2. The Hall–Kier alpha value is -3.48. The standard InChI is InChI=1S/C21H20N2O5/c1-25-18-5-3-4-17(20(18)26-2)14-6-8-15(9-7-14)27-13-16-12-23-11-10-19(24)22-21(23)28-16/h3-11,16H,12-13H2,1-2H3/t16-/m0/s1. The maximum atomic E-state index is 11.3. The predicted molar refractivity (Wildman–Crippen MR) is 103 cm³/mol. The van der Waals surface area contributed by atoms with Crippen molar-refractivity contribution in [3.05, 3.63) is 65.1 Å². The largest absolute Gasteiger partial charge is 0.493 e. The van der Waals surface area contributed by atoms with Gasteiger partial charge in [-0.2, -0.15) is 4.98 Å². The lowest BCUT2D eigenvalue weighted by molar-refractivity contribution is 0.143. The molecule has 0 saturated carbocycles. The molecule has 0 spiro atoms. The summed E-state index contributed by atoms with van der Waals surface area (Å²) in [7, 11) is 3.24. The average Bonchev–Trinajstić information content (AvgIpc) is 3.14. The van der Waals surface area contributed by atoms with E-state index in [1.165, 1.54) is 6.07 Å². The second-order valence-electron chi connectivity index (χ2n) is 6.32. The number of aromatic nitrogens is 2. The molecule has 144 valence electrons. The first-order valence-electron chi connectivity index (χ1n) is 8.86. The summed E-state index contributed by atoms with van der Waals surface area (Å²) in [4.78, 5) is 15.1. The van der Waals surface area contributed by atoms with Crippen LogP contribution in [0.5, 0.6) is 23.3 Å². The molecule has 1 atom stereocenters. The molecule has 0 aliphatic carbocycles. The number of hydrogen-bond donors (Lipinski definition) is 0. The fraction of sp³-hybridized carbons (Fsp3) is 0.238. The van der Waals surface area contributed by atoms with Crippen molar-refractivity contribution in [2.24, 2.45) is 0 Å². The van der Waals surface area contributed by atoms with Gasteiger partial charge in [0, 0.05) is 17.8 Å². The Morgan fingerprint density at radius 2 is 1.93 bits per heavy atom. The zero-order valence-corrected chi connectivity index (χ0v) is 15.6. The summed E-state index contributed by atoms with van der Waals surface area (Å²) in [6, 6.07) is 15.3. The molecule has 7 heteroatoms. The molecule has 0 radical (unpaired) electrons. The van der Waals surface area contributed by atoms with Crippen molar-refractivity contribution in [1.82, 2.24) is 9.55 Å². The monoisotopic (exact) mass is 380 g/mol. The lowest BCUT2D eigenvalue weighted by atomic mass is 10.0. The van der Waals surface area contributed by atoms with Gasteiger partial charge in [-0.3, -0.25) is 9.36 Å². The van der Waals surface area contributed by atoms with E-state index in [-0.39, 0.29) is 11.7 Å². The van der Waals surface area contributed by atoms with Crippen LogP contribution in [0.25, 0.3) is 11.1 Å². The molecule has 28 heavy (non-hydrogen) atoms. The van der Waals surface area contributed by atoms with Crippen LogP contribution in [-0.4, -0.2) is 36.5 Å². The molecule has 1 aromatic heterocycles. The maximum Gasteiger partial charge on any atom is 0.300 e. The molecule has 7 nitrogen and oxygen atoms in total. The van der Waals surface area contributed by atoms with Gasteiger partial charge in [-0.25, -0.2) is 0 Å². The van der Waals surface area contributed by atoms with Gasteiger partial charge < -0.3 is 18.9 Å². The van der Waals surface area contributed by atoms with E-state index < -0.39 is 0 Å². The molecule has 2 aromatic carbocycles. The number of fused-ring (bicyclic) bond motifs is 1. The first-order chi connectivity index (χ1) is 13.7. The second kappa shape index (κ2) is 7.64. The van der Waals surface area contributed by atoms with E-state index in [2.05, 4.69) is 4.98 Å². The van der Waals surface area contributed by atoms with E-state index in [9.17, 15) is 4.79 Å². The van der Waals surface area contributed by atoms with Crippen LogP contribution in [0.1, 0.15) is 0 Å². The lowest BCUT2D eigenvalue weighted by Gasteiger charge is -2.14. The number of nitrogens with zero attached hydrogens (tertiary/aromatic N) is 2. The smallest absolute Gasteiger partial charge is 0.300 e. The minimum absolute atomic E-state index is 0.188. The van der Waals surface area contributed by atoms with E-state index in [0.717, 1.165) is 16.9 Å². The van der Waals surface area contributed by atoms with Crippen LogP contribution in [0.3, 0.4) is 0 Å². The molecule has 4 rings (SSSR count). The van der Waals surface area contributed by atoms with E-state index in [1.807, 2.05) is 42.5 Å². The number of hydrogen-bond acceptors (Lipinski definition) is 6. The molecule has 2 heterocycles. The van der Waals surface area contributed by atoms with Crippen LogP contribution in [-0.2, 0) is 6.54 Å². The number of benzene rings is 2. The molecule has 0 unspecified atom stereocenters. The zero-order valence-electron chi connectivity index (χ0n) is 15.6. The maximum absolute atomic E-state index is 11.3. The van der Waals surface area contributed by atoms with E-state index >= 15 is 0 Å². The van der Waals surface area contributed by atoms with Crippen molar-refractivity contribution >= 4 is 0 Å². The minimum Gasteiger partial charge on any atom is -0.493 e. The van der Waals surface area contributed by atoms with Crippen molar-refractivity contribution in [3.8, 4) is 34.4 Å². The summed E-state index contributed by atoms with van der Waals surface area (Å²) >= 11 is 0. The van der Waals surface area contributed by atoms with Crippen molar-refractivity contribution in [2.45, 2.75) is 12.6 Å². The van der Waals surface area contributed by atoms with Gasteiger partial charge in [-0.05, 0) is 23.8 Å². The molecule has 0 bridgehead atoms. The molecule has 0 amide bonds. The molecule has 0 N–H and O–H groups in total. The van der Waals surface area contributed by atoms with E-state index in [1.54, 1.807) is 25.0 Å². The molecule has 1 aliphatic heterocycles. The Balaban J connectivity index is 1.43. The number of para-hydroxylation sites is 1. The van der Waals surface area contributed by atoms with Crippen LogP contribution in [0.4, 0.5) is 0 Å². The highest BCUT2D eigenvalue weighted by atomic mass is 16.6. The summed E-state index contributed by atoms with van der Waals surface area (Å²) in [6.07, 6.45) is 1.49.